The van der Waals surface area contributed by atoms with E-state index in [2.05, 4.69) is 6.58 Å². The van der Waals surface area contributed by atoms with Crippen LogP contribution in [-0.2, 0) is 6.42 Å². The smallest absolute Gasteiger partial charge is 0.137 e. The molecule has 0 amide bonds. The zero-order valence-electron chi connectivity index (χ0n) is 6.65. The Balaban J connectivity index is 3.12. The molecule has 0 aliphatic carbocycles. The fourth-order valence-corrected chi connectivity index (χ4v) is 1.64. The van der Waals surface area contributed by atoms with Crippen molar-refractivity contribution in [3.63, 3.8) is 0 Å². The van der Waals surface area contributed by atoms with E-state index in [1.165, 1.54) is 6.07 Å². The first-order valence-corrected chi connectivity index (χ1v) is 4.64. The summed E-state index contributed by atoms with van der Waals surface area (Å²) in [5.41, 5.74) is 0.581. The van der Waals surface area contributed by atoms with Crippen LogP contribution in [0.2, 0.25) is 10.0 Å². The summed E-state index contributed by atoms with van der Waals surface area (Å²) in [4.78, 5) is 0. The van der Waals surface area contributed by atoms with Gasteiger partial charge in [-0.3, -0.25) is 0 Å². The molecule has 0 heterocycles. The van der Waals surface area contributed by atoms with Crippen molar-refractivity contribution in [2.75, 3.05) is 0 Å². The lowest BCUT2D eigenvalue weighted by Crippen LogP contribution is -1.86. The predicted molar refractivity (Wildman–Crippen MR) is 56.8 cm³/mol. The van der Waals surface area contributed by atoms with E-state index in [-0.39, 0.29) is 10.8 Å². The lowest BCUT2D eigenvalue weighted by Gasteiger charge is -2.05. The van der Waals surface area contributed by atoms with Crippen LogP contribution >= 0.6 is 34.8 Å². The summed E-state index contributed by atoms with van der Waals surface area (Å²) in [6.07, 6.45) is 0.355. The highest BCUT2D eigenvalue weighted by molar-refractivity contribution is 6.35. The van der Waals surface area contributed by atoms with E-state index in [1.807, 2.05) is 0 Å². The highest BCUT2D eigenvalue weighted by Gasteiger charge is 2.07. The number of rotatable bonds is 2. The van der Waals surface area contributed by atoms with Gasteiger partial charge in [0.2, 0.25) is 0 Å². The van der Waals surface area contributed by atoms with Crippen molar-refractivity contribution in [1.29, 1.82) is 0 Å². The van der Waals surface area contributed by atoms with E-state index in [4.69, 9.17) is 34.8 Å². The fourth-order valence-electron chi connectivity index (χ4n) is 0.961. The molecular formula is C9H7Cl3O. The van der Waals surface area contributed by atoms with Gasteiger partial charge in [0.25, 0.3) is 0 Å². The summed E-state index contributed by atoms with van der Waals surface area (Å²) in [5, 5.41) is 10.6. The lowest BCUT2D eigenvalue weighted by atomic mass is 10.1. The molecule has 1 rings (SSSR count). The van der Waals surface area contributed by atoms with Crippen LogP contribution in [0.1, 0.15) is 5.56 Å². The summed E-state index contributed by atoms with van der Waals surface area (Å²) in [7, 11) is 0. The van der Waals surface area contributed by atoms with Crippen LogP contribution < -0.4 is 0 Å². The number of halogens is 3. The van der Waals surface area contributed by atoms with E-state index in [9.17, 15) is 5.11 Å². The van der Waals surface area contributed by atoms with Crippen molar-refractivity contribution in [3.05, 3.63) is 39.4 Å². The van der Waals surface area contributed by atoms with Gasteiger partial charge in [-0.15, -0.1) is 0 Å². The minimum absolute atomic E-state index is 0.00728. The maximum atomic E-state index is 9.48. The maximum absolute atomic E-state index is 9.48. The Labute approximate surface area is 91.5 Å². The molecule has 0 atom stereocenters. The van der Waals surface area contributed by atoms with Crippen LogP contribution in [0.3, 0.4) is 0 Å². The number of hydrogen-bond donors (Lipinski definition) is 1. The predicted octanol–water partition coefficient (Wildman–Crippen LogP) is 3.99. The number of hydrogen-bond acceptors (Lipinski definition) is 1. The molecule has 0 saturated carbocycles. The van der Waals surface area contributed by atoms with Crippen molar-refractivity contribution in [1.82, 2.24) is 0 Å². The summed E-state index contributed by atoms with van der Waals surface area (Å²) < 4.78 is 0. The average molecular weight is 238 g/mol. The number of aromatic hydroxyl groups is 1. The first kappa shape index (κ1) is 10.7. The van der Waals surface area contributed by atoms with E-state index in [1.54, 1.807) is 6.07 Å². The molecule has 0 aromatic heterocycles. The third-order valence-corrected chi connectivity index (χ3v) is 2.13. The average Bonchev–Trinajstić information content (AvgIpc) is 1.98. The molecule has 0 aliphatic heterocycles. The lowest BCUT2D eigenvalue weighted by molar-refractivity contribution is 0.470. The maximum Gasteiger partial charge on any atom is 0.137 e. The number of phenolic OH excluding ortho intramolecular Hbond substituents is 1. The molecule has 1 aromatic carbocycles. The Kier molecular flexibility index (Phi) is 3.48. The van der Waals surface area contributed by atoms with Gasteiger partial charge < -0.3 is 5.11 Å². The number of phenols is 1. The highest BCUT2D eigenvalue weighted by Crippen LogP contribution is 2.32. The zero-order chi connectivity index (χ0) is 10.0. The van der Waals surface area contributed by atoms with Crippen LogP contribution in [0.25, 0.3) is 0 Å². The Morgan fingerprint density at radius 3 is 2.54 bits per heavy atom. The van der Waals surface area contributed by atoms with E-state index < -0.39 is 0 Å². The van der Waals surface area contributed by atoms with Gasteiger partial charge in [0.15, 0.2) is 0 Å². The molecule has 70 valence electrons. The van der Waals surface area contributed by atoms with Gasteiger partial charge in [0.05, 0.1) is 5.02 Å². The van der Waals surface area contributed by atoms with Gasteiger partial charge in [-0.2, -0.15) is 0 Å². The summed E-state index contributed by atoms with van der Waals surface area (Å²) in [5.74, 6) is 0.00728. The van der Waals surface area contributed by atoms with Crippen LogP contribution in [0, 0.1) is 0 Å². The molecule has 0 unspecified atom stereocenters. The summed E-state index contributed by atoms with van der Waals surface area (Å²) in [6, 6.07) is 3.08. The quantitative estimate of drug-likeness (QED) is 0.824. The van der Waals surface area contributed by atoms with Gasteiger partial charge in [-0.05, 0) is 12.1 Å². The minimum Gasteiger partial charge on any atom is -0.506 e. The van der Waals surface area contributed by atoms with E-state index >= 15 is 0 Å². The summed E-state index contributed by atoms with van der Waals surface area (Å²) >= 11 is 17.0. The molecule has 1 aromatic rings. The molecule has 0 fully saturated rings. The van der Waals surface area contributed by atoms with Gasteiger partial charge in [-0.25, -0.2) is 0 Å². The van der Waals surface area contributed by atoms with E-state index in [0.717, 1.165) is 0 Å². The third kappa shape index (κ3) is 2.80. The monoisotopic (exact) mass is 236 g/mol. The zero-order valence-corrected chi connectivity index (χ0v) is 8.92. The SMILES string of the molecule is C=C(Cl)Cc1cc(Cl)cc(Cl)c1O. The van der Waals surface area contributed by atoms with Gasteiger partial charge in [0.1, 0.15) is 5.75 Å². The number of benzene rings is 1. The second-order valence-corrected chi connectivity index (χ2v) is 3.97. The first-order chi connectivity index (χ1) is 6.00. The van der Waals surface area contributed by atoms with Gasteiger partial charge >= 0.3 is 0 Å². The van der Waals surface area contributed by atoms with Crippen molar-refractivity contribution in [3.8, 4) is 5.75 Å². The van der Waals surface area contributed by atoms with Crippen molar-refractivity contribution < 1.29 is 5.11 Å². The molecule has 1 N–H and O–H groups in total. The first-order valence-electron chi connectivity index (χ1n) is 3.51. The van der Waals surface area contributed by atoms with Crippen LogP contribution in [-0.4, -0.2) is 5.11 Å². The Hall–Kier alpha value is -0.370. The third-order valence-electron chi connectivity index (χ3n) is 1.49. The molecule has 0 radical (unpaired) electrons. The largest absolute Gasteiger partial charge is 0.506 e. The fraction of sp³-hybridized carbons (Fsp3) is 0.111. The second kappa shape index (κ2) is 4.23. The molecule has 0 saturated heterocycles. The van der Waals surface area contributed by atoms with Crippen LogP contribution in [0.4, 0.5) is 0 Å². The van der Waals surface area contributed by atoms with Gasteiger partial charge in [-0.1, -0.05) is 41.4 Å². The minimum atomic E-state index is 0.00728. The Morgan fingerprint density at radius 1 is 1.38 bits per heavy atom. The Morgan fingerprint density at radius 2 is 2.00 bits per heavy atom. The standard InChI is InChI=1S/C9H7Cl3O/c1-5(10)2-6-3-7(11)4-8(12)9(6)13/h3-4,13H,1-2H2. The highest BCUT2D eigenvalue weighted by atomic mass is 35.5. The molecular weight excluding hydrogens is 230 g/mol. The Bertz CT molecular complexity index is 347. The molecule has 4 heteroatoms. The molecule has 0 spiro atoms. The van der Waals surface area contributed by atoms with Crippen molar-refractivity contribution >= 4 is 34.8 Å². The molecule has 0 bridgehead atoms. The van der Waals surface area contributed by atoms with Crippen LogP contribution in [0.15, 0.2) is 23.7 Å². The van der Waals surface area contributed by atoms with Crippen molar-refractivity contribution in [2.45, 2.75) is 6.42 Å². The number of allylic oxidation sites excluding steroid dienone is 1. The molecule has 0 aliphatic rings. The molecule has 13 heavy (non-hydrogen) atoms. The topological polar surface area (TPSA) is 20.2 Å². The second-order valence-electron chi connectivity index (χ2n) is 2.59. The normalized spacial score (nSPS) is 10.1. The van der Waals surface area contributed by atoms with Gasteiger partial charge in [0, 0.05) is 22.0 Å². The van der Waals surface area contributed by atoms with Crippen LogP contribution in [0.5, 0.6) is 5.75 Å². The summed E-state index contributed by atoms with van der Waals surface area (Å²) in [6.45, 7) is 3.52. The van der Waals surface area contributed by atoms with Crippen molar-refractivity contribution in [2.24, 2.45) is 0 Å². The molecule has 1 nitrogen and oxygen atoms in total. The van der Waals surface area contributed by atoms with E-state index in [0.29, 0.717) is 22.0 Å².